The smallest absolute Gasteiger partial charge is 0.389 e. The Bertz CT molecular complexity index is 363. The van der Waals surface area contributed by atoms with Gasteiger partial charge in [0.1, 0.15) is 0 Å². The summed E-state index contributed by atoms with van der Waals surface area (Å²) in [7, 11) is 0. The summed E-state index contributed by atoms with van der Waals surface area (Å²) in [5.74, 6) is -1.03. The van der Waals surface area contributed by atoms with Gasteiger partial charge in [0.25, 0.3) is 0 Å². The van der Waals surface area contributed by atoms with Crippen LogP contribution in [0.2, 0.25) is 0 Å². The van der Waals surface area contributed by atoms with Crippen LogP contribution in [0.4, 0.5) is 18.0 Å². The van der Waals surface area contributed by atoms with Gasteiger partial charge in [0.05, 0.1) is 25.7 Å². The topological polar surface area (TPSA) is 78.9 Å². The van der Waals surface area contributed by atoms with E-state index >= 15 is 0 Å². The molecule has 0 aromatic heterocycles. The molecule has 2 N–H and O–H groups in total. The third-order valence-electron chi connectivity index (χ3n) is 3.06. The van der Waals surface area contributed by atoms with Crippen LogP contribution < -0.4 is 5.32 Å². The number of morpholine rings is 1. The number of carbonyl (C=O) groups excluding carboxylic acids is 1. The van der Waals surface area contributed by atoms with Crippen LogP contribution in [-0.2, 0) is 9.53 Å². The van der Waals surface area contributed by atoms with Gasteiger partial charge in [-0.25, -0.2) is 4.79 Å². The Balaban J connectivity index is 2.30. The summed E-state index contributed by atoms with van der Waals surface area (Å²) in [6, 6.07) is -1.01. The number of hydrogen-bond donors (Lipinski definition) is 2. The molecule has 9 heteroatoms. The van der Waals surface area contributed by atoms with E-state index in [-0.39, 0.29) is 39.0 Å². The van der Waals surface area contributed by atoms with E-state index in [0.29, 0.717) is 6.61 Å². The summed E-state index contributed by atoms with van der Waals surface area (Å²) in [5.41, 5.74) is 0. The van der Waals surface area contributed by atoms with E-state index in [1.165, 1.54) is 4.90 Å². The zero-order valence-electron chi connectivity index (χ0n) is 11.5. The fourth-order valence-electron chi connectivity index (χ4n) is 2.04. The Labute approximate surface area is 120 Å². The molecule has 0 aromatic rings. The molecule has 0 aliphatic carbocycles. The molecule has 1 fully saturated rings. The lowest BCUT2D eigenvalue weighted by molar-refractivity contribution is -0.139. The normalized spacial score (nSPS) is 19.4. The van der Waals surface area contributed by atoms with E-state index in [4.69, 9.17) is 9.84 Å². The van der Waals surface area contributed by atoms with Gasteiger partial charge < -0.3 is 20.1 Å². The molecule has 0 bridgehead atoms. The zero-order valence-corrected chi connectivity index (χ0v) is 11.5. The third-order valence-corrected chi connectivity index (χ3v) is 3.06. The Morgan fingerprint density at radius 1 is 1.33 bits per heavy atom. The SMILES string of the molecule is O=C(O)CC1COCCN1C(=O)NCCCCC(F)(F)F. The molecule has 122 valence electrons. The average Bonchev–Trinajstić information content (AvgIpc) is 2.36. The molecule has 21 heavy (non-hydrogen) atoms. The number of carbonyl (C=O) groups is 2. The Kier molecular flexibility index (Phi) is 6.73. The second kappa shape index (κ2) is 8.06. The Morgan fingerprint density at radius 3 is 2.67 bits per heavy atom. The van der Waals surface area contributed by atoms with E-state index in [9.17, 15) is 22.8 Å². The number of urea groups is 1. The minimum Gasteiger partial charge on any atom is -0.481 e. The number of nitrogens with one attached hydrogen (secondary N) is 1. The summed E-state index contributed by atoms with van der Waals surface area (Å²) in [5, 5.41) is 11.3. The standard InChI is InChI=1S/C12H19F3N2O4/c13-12(14,15)3-1-2-4-16-11(20)17-5-6-21-8-9(17)7-10(18)19/h9H,1-8H2,(H,16,20)(H,18,19). The fourth-order valence-corrected chi connectivity index (χ4v) is 2.04. The Morgan fingerprint density at radius 2 is 2.05 bits per heavy atom. The van der Waals surface area contributed by atoms with Crippen molar-refractivity contribution in [3.63, 3.8) is 0 Å². The predicted molar refractivity (Wildman–Crippen MR) is 66.9 cm³/mol. The number of rotatable bonds is 6. The van der Waals surface area contributed by atoms with Gasteiger partial charge >= 0.3 is 18.2 Å². The number of alkyl halides is 3. The monoisotopic (exact) mass is 312 g/mol. The summed E-state index contributed by atoms with van der Waals surface area (Å²) in [6.07, 6.45) is -5.10. The van der Waals surface area contributed by atoms with Crippen LogP contribution >= 0.6 is 0 Å². The first kappa shape index (κ1) is 17.5. The second-order valence-electron chi connectivity index (χ2n) is 4.82. The van der Waals surface area contributed by atoms with Gasteiger partial charge in [-0.2, -0.15) is 13.2 Å². The number of hydrogen-bond acceptors (Lipinski definition) is 3. The summed E-state index contributed by atoms with van der Waals surface area (Å²) in [4.78, 5) is 24.0. The van der Waals surface area contributed by atoms with Crippen LogP contribution in [0.5, 0.6) is 0 Å². The number of halogens is 3. The molecule has 0 radical (unpaired) electrons. The van der Waals surface area contributed by atoms with Gasteiger partial charge in [-0.15, -0.1) is 0 Å². The first-order valence-electron chi connectivity index (χ1n) is 6.70. The third kappa shape index (κ3) is 7.16. The molecule has 2 amide bonds. The molecular formula is C12H19F3N2O4. The number of amides is 2. The van der Waals surface area contributed by atoms with E-state index in [2.05, 4.69) is 5.32 Å². The number of carboxylic acid groups (broad SMARTS) is 1. The number of unbranched alkanes of at least 4 members (excludes halogenated alkanes) is 1. The van der Waals surface area contributed by atoms with Crippen molar-refractivity contribution >= 4 is 12.0 Å². The lowest BCUT2D eigenvalue weighted by Crippen LogP contribution is -2.53. The minimum absolute atomic E-state index is 0.0502. The van der Waals surface area contributed by atoms with Gasteiger partial charge in [0, 0.05) is 19.5 Å². The van der Waals surface area contributed by atoms with E-state index < -0.39 is 30.6 Å². The lowest BCUT2D eigenvalue weighted by Gasteiger charge is -2.34. The van der Waals surface area contributed by atoms with Crippen molar-refractivity contribution in [2.24, 2.45) is 0 Å². The highest BCUT2D eigenvalue weighted by Gasteiger charge is 2.29. The van der Waals surface area contributed by atoms with Gasteiger partial charge in [-0.1, -0.05) is 0 Å². The van der Waals surface area contributed by atoms with Gasteiger partial charge in [-0.05, 0) is 12.8 Å². The van der Waals surface area contributed by atoms with Crippen molar-refractivity contribution in [1.82, 2.24) is 10.2 Å². The highest BCUT2D eigenvalue weighted by atomic mass is 19.4. The quantitative estimate of drug-likeness (QED) is 0.730. The van der Waals surface area contributed by atoms with Crippen molar-refractivity contribution in [2.45, 2.75) is 37.9 Å². The fraction of sp³-hybridized carbons (Fsp3) is 0.833. The molecule has 1 aliphatic heterocycles. The van der Waals surface area contributed by atoms with Crippen LogP contribution in [0, 0.1) is 0 Å². The molecule has 1 aliphatic rings. The molecule has 1 heterocycles. The maximum atomic E-state index is 11.9. The molecule has 0 aromatic carbocycles. The average molecular weight is 312 g/mol. The molecule has 1 rings (SSSR count). The van der Waals surface area contributed by atoms with Gasteiger partial charge in [0.15, 0.2) is 0 Å². The zero-order chi connectivity index (χ0) is 15.9. The summed E-state index contributed by atoms with van der Waals surface area (Å²) >= 11 is 0. The molecule has 1 atom stereocenters. The van der Waals surface area contributed by atoms with Crippen molar-refractivity contribution in [2.75, 3.05) is 26.3 Å². The first-order valence-corrected chi connectivity index (χ1v) is 6.70. The van der Waals surface area contributed by atoms with Crippen LogP contribution in [0.1, 0.15) is 25.7 Å². The number of ether oxygens (including phenoxy) is 1. The summed E-state index contributed by atoms with van der Waals surface area (Å²) in [6.45, 7) is 0.865. The van der Waals surface area contributed by atoms with Crippen molar-refractivity contribution in [3.8, 4) is 0 Å². The van der Waals surface area contributed by atoms with Crippen LogP contribution in [0.15, 0.2) is 0 Å². The first-order chi connectivity index (χ1) is 9.79. The Hall–Kier alpha value is -1.51. The van der Waals surface area contributed by atoms with Crippen molar-refractivity contribution in [1.29, 1.82) is 0 Å². The van der Waals surface area contributed by atoms with Crippen LogP contribution in [-0.4, -0.2) is 60.5 Å². The largest absolute Gasteiger partial charge is 0.481 e. The van der Waals surface area contributed by atoms with E-state index in [0.717, 1.165) is 0 Å². The molecular weight excluding hydrogens is 293 g/mol. The molecule has 1 saturated heterocycles. The van der Waals surface area contributed by atoms with E-state index in [1.54, 1.807) is 0 Å². The maximum Gasteiger partial charge on any atom is 0.389 e. The lowest BCUT2D eigenvalue weighted by atomic mass is 10.1. The molecule has 1 unspecified atom stereocenters. The highest BCUT2D eigenvalue weighted by Crippen LogP contribution is 2.21. The van der Waals surface area contributed by atoms with Crippen molar-refractivity contribution in [3.05, 3.63) is 0 Å². The van der Waals surface area contributed by atoms with Crippen molar-refractivity contribution < 1.29 is 32.6 Å². The number of carboxylic acids is 1. The number of aliphatic carboxylic acids is 1. The predicted octanol–water partition coefficient (Wildman–Crippen LogP) is 1.60. The van der Waals surface area contributed by atoms with Crippen LogP contribution in [0.3, 0.4) is 0 Å². The van der Waals surface area contributed by atoms with Gasteiger partial charge in [0.2, 0.25) is 0 Å². The number of nitrogens with zero attached hydrogens (tertiary/aromatic N) is 1. The molecule has 0 spiro atoms. The molecule has 0 saturated carbocycles. The maximum absolute atomic E-state index is 11.9. The van der Waals surface area contributed by atoms with Gasteiger partial charge in [-0.3, -0.25) is 4.79 Å². The van der Waals surface area contributed by atoms with Crippen LogP contribution in [0.25, 0.3) is 0 Å². The summed E-state index contributed by atoms with van der Waals surface area (Å²) < 4.78 is 41.0. The van der Waals surface area contributed by atoms with E-state index in [1.807, 2.05) is 0 Å². The minimum atomic E-state index is -4.18. The highest BCUT2D eigenvalue weighted by molar-refractivity contribution is 5.76. The second-order valence-corrected chi connectivity index (χ2v) is 4.82. The molecule has 6 nitrogen and oxygen atoms in total.